The standard InChI is InChI=1S/C11H9.2C5H5.2Fe/c1-2-6-10(5-1)9-11-7-3-4-8-11;2*1-2-4-5-3-1;;/h1-9H;2*1-5H;;/q3*-1;2*+2. The first-order valence-corrected chi connectivity index (χ1v) is 7.07. The third kappa shape index (κ3) is 10.4. The van der Waals surface area contributed by atoms with E-state index in [-0.39, 0.29) is 34.1 Å². The molecule has 0 heterocycles. The molecule has 2 aliphatic carbocycles. The Bertz CT molecular complexity index is 500. The van der Waals surface area contributed by atoms with Crippen LogP contribution < -0.4 is 0 Å². The molecule has 0 saturated heterocycles. The van der Waals surface area contributed by atoms with Gasteiger partial charge in [-0.1, -0.05) is 42.7 Å². The number of rotatable bonds is 1. The van der Waals surface area contributed by atoms with Gasteiger partial charge in [-0.05, 0) is 0 Å². The Morgan fingerprint density at radius 1 is 0.783 bits per heavy atom. The fourth-order valence-corrected chi connectivity index (χ4v) is 1.80. The van der Waals surface area contributed by atoms with Gasteiger partial charge in [0.15, 0.2) is 0 Å². The van der Waals surface area contributed by atoms with Gasteiger partial charge in [-0.3, -0.25) is 0 Å². The van der Waals surface area contributed by atoms with Gasteiger partial charge in [0.2, 0.25) is 0 Å². The minimum Gasteiger partial charge on any atom is -0.326 e. The molecule has 0 bridgehead atoms. The Morgan fingerprint density at radius 2 is 1.35 bits per heavy atom. The summed E-state index contributed by atoms with van der Waals surface area (Å²) in [4.78, 5) is 0. The first-order chi connectivity index (χ1) is 10.4. The topological polar surface area (TPSA) is 0 Å². The SMILES string of the molecule is C1=CC(=C[c-]2cccc2)C=C1.[CH]1[CH][CH][CH-][CH]1.[Fe+2].[Fe+2].c1cc[cH-]c1. The van der Waals surface area contributed by atoms with Crippen LogP contribution in [0.2, 0.25) is 0 Å². The van der Waals surface area contributed by atoms with Crippen molar-refractivity contribution in [1.29, 1.82) is 0 Å². The summed E-state index contributed by atoms with van der Waals surface area (Å²) in [5.74, 6) is 0. The quantitative estimate of drug-likeness (QED) is 0.461. The second kappa shape index (κ2) is 14.5. The van der Waals surface area contributed by atoms with E-state index in [4.69, 9.17) is 0 Å². The van der Waals surface area contributed by atoms with E-state index in [1.54, 1.807) is 0 Å². The van der Waals surface area contributed by atoms with Gasteiger partial charge in [0, 0.05) is 0 Å². The van der Waals surface area contributed by atoms with Crippen LogP contribution in [0, 0.1) is 32.1 Å². The van der Waals surface area contributed by atoms with E-state index in [1.165, 1.54) is 11.1 Å². The summed E-state index contributed by atoms with van der Waals surface area (Å²) in [6, 6.07) is 18.3. The van der Waals surface area contributed by atoms with Gasteiger partial charge in [0.1, 0.15) is 0 Å². The largest absolute Gasteiger partial charge is 2.00 e. The monoisotopic (exact) mass is 383 g/mol. The maximum Gasteiger partial charge on any atom is 2.00 e. The van der Waals surface area contributed by atoms with Crippen LogP contribution in [0.1, 0.15) is 5.56 Å². The molecule has 2 aromatic carbocycles. The molecule has 0 aliphatic heterocycles. The van der Waals surface area contributed by atoms with Gasteiger partial charge in [0.25, 0.3) is 0 Å². The number of hydrogen-bond acceptors (Lipinski definition) is 0. The summed E-state index contributed by atoms with van der Waals surface area (Å²) in [5.41, 5.74) is 2.55. The zero-order valence-corrected chi connectivity index (χ0v) is 14.9. The van der Waals surface area contributed by atoms with Gasteiger partial charge in [-0.15, -0.1) is 23.8 Å². The molecule has 23 heavy (non-hydrogen) atoms. The molecule has 0 unspecified atom stereocenters. The van der Waals surface area contributed by atoms with Gasteiger partial charge < -0.3 is 6.42 Å². The zero-order valence-electron chi connectivity index (χ0n) is 12.7. The molecule has 4 rings (SSSR count). The van der Waals surface area contributed by atoms with Crippen molar-refractivity contribution >= 4 is 6.08 Å². The van der Waals surface area contributed by atoms with E-state index in [2.05, 4.69) is 54.6 Å². The number of hydrogen-bond donors (Lipinski definition) is 0. The molecule has 2 aliphatic rings. The Labute approximate surface area is 162 Å². The van der Waals surface area contributed by atoms with Crippen molar-refractivity contribution in [2.24, 2.45) is 0 Å². The Kier molecular flexibility index (Phi) is 13.9. The second-order valence-electron chi connectivity index (χ2n) is 4.51. The average molecular weight is 383 g/mol. The van der Waals surface area contributed by atoms with E-state index in [9.17, 15) is 0 Å². The average Bonchev–Trinajstić information content (AvgIpc) is 3.30. The molecule has 4 radical (unpaired) electrons. The first-order valence-electron chi connectivity index (χ1n) is 7.07. The summed E-state index contributed by atoms with van der Waals surface area (Å²) in [5, 5.41) is 0. The van der Waals surface area contributed by atoms with Crippen LogP contribution in [0.25, 0.3) is 6.08 Å². The molecular formula is C21H19Fe2+. The van der Waals surface area contributed by atoms with Crippen molar-refractivity contribution in [3.8, 4) is 0 Å². The molecule has 2 aromatic rings. The van der Waals surface area contributed by atoms with Gasteiger partial charge in [-0.2, -0.15) is 43.2 Å². The molecule has 118 valence electrons. The molecular weight excluding hydrogens is 364 g/mol. The summed E-state index contributed by atoms with van der Waals surface area (Å²) in [6.07, 6.45) is 20.5. The van der Waals surface area contributed by atoms with Crippen LogP contribution in [0.15, 0.2) is 84.5 Å². The molecule has 2 heteroatoms. The summed E-state index contributed by atoms with van der Waals surface area (Å²) in [6.45, 7) is 0. The van der Waals surface area contributed by atoms with Crippen LogP contribution >= 0.6 is 0 Å². The van der Waals surface area contributed by atoms with Crippen molar-refractivity contribution in [3.05, 3.63) is 122 Å². The van der Waals surface area contributed by atoms with E-state index >= 15 is 0 Å². The predicted octanol–water partition coefficient (Wildman–Crippen LogP) is 5.34. The van der Waals surface area contributed by atoms with Crippen LogP contribution in [0.3, 0.4) is 0 Å². The third-order valence-corrected chi connectivity index (χ3v) is 2.82. The summed E-state index contributed by atoms with van der Waals surface area (Å²) >= 11 is 0. The van der Waals surface area contributed by atoms with Crippen LogP contribution in [0.5, 0.6) is 0 Å². The van der Waals surface area contributed by atoms with E-state index in [0.29, 0.717) is 0 Å². The zero-order chi connectivity index (χ0) is 14.6. The third-order valence-electron chi connectivity index (χ3n) is 2.82. The van der Waals surface area contributed by atoms with E-state index < -0.39 is 0 Å². The van der Waals surface area contributed by atoms with Crippen molar-refractivity contribution in [3.63, 3.8) is 0 Å². The van der Waals surface area contributed by atoms with Gasteiger partial charge in [-0.25, -0.2) is 12.1 Å². The van der Waals surface area contributed by atoms with Gasteiger partial charge >= 0.3 is 34.1 Å². The van der Waals surface area contributed by atoms with E-state index in [0.717, 1.165) is 0 Å². The fourth-order valence-electron chi connectivity index (χ4n) is 1.80. The van der Waals surface area contributed by atoms with Crippen LogP contribution in [0.4, 0.5) is 0 Å². The Balaban J connectivity index is 0.000000342. The van der Waals surface area contributed by atoms with Gasteiger partial charge in [0.05, 0.1) is 0 Å². The molecule has 0 N–H and O–H groups in total. The minimum atomic E-state index is 0. The molecule has 1 saturated carbocycles. The smallest absolute Gasteiger partial charge is 0.326 e. The molecule has 1 fully saturated rings. The maximum atomic E-state index is 2.17. The molecule has 0 spiro atoms. The van der Waals surface area contributed by atoms with E-state index in [1.807, 2.05) is 62.4 Å². The number of allylic oxidation sites excluding steroid dienone is 5. The van der Waals surface area contributed by atoms with Crippen LogP contribution in [-0.2, 0) is 34.1 Å². The van der Waals surface area contributed by atoms with Crippen molar-refractivity contribution in [2.75, 3.05) is 0 Å². The summed E-state index contributed by atoms with van der Waals surface area (Å²) in [7, 11) is 0. The first kappa shape index (κ1) is 22.0. The summed E-state index contributed by atoms with van der Waals surface area (Å²) < 4.78 is 0. The van der Waals surface area contributed by atoms with Crippen molar-refractivity contribution < 1.29 is 34.1 Å². The minimum absolute atomic E-state index is 0. The molecule has 0 atom stereocenters. The molecule has 0 aromatic heterocycles. The normalized spacial score (nSPS) is 13.8. The Morgan fingerprint density at radius 3 is 1.74 bits per heavy atom. The van der Waals surface area contributed by atoms with Crippen LogP contribution in [-0.4, -0.2) is 0 Å². The maximum absolute atomic E-state index is 2.17. The fraction of sp³-hybridized carbons (Fsp3) is 0. The molecule has 0 nitrogen and oxygen atoms in total. The van der Waals surface area contributed by atoms with Crippen molar-refractivity contribution in [1.82, 2.24) is 0 Å². The predicted molar refractivity (Wildman–Crippen MR) is 91.8 cm³/mol. The second-order valence-corrected chi connectivity index (χ2v) is 4.51. The molecule has 0 amide bonds. The van der Waals surface area contributed by atoms with Crippen molar-refractivity contribution in [2.45, 2.75) is 0 Å². The Hall–Kier alpha value is -1.04.